The average molecular weight is 169 g/mol. The normalized spacial score (nSPS) is 7.67. The third-order valence-electron chi connectivity index (χ3n) is 0.936. The third kappa shape index (κ3) is 6.21. The van der Waals surface area contributed by atoms with Gasteiger partial charge in [0.05, 0.1) is 0 Å². The van der Waals surface area contributed by atoms with Crippen LogP contribution in [-0.4, -0.2) is 16.6 Å². The van der Waals surface area contributed by atoms with Crippen LogP contribution in [0.15, 0.2) is 30.3 Å². The molecular formula is C7H7NO4. The quantitative estimate of drug-likeness (QED) is 0.388. The van der Waals surface area contributed by atoms with E-state index in [1.54, 1.807) is 12.1 Å². The minimum atomic E-state index is -1.50. The number of benzene rings is 1. The van der Waals surface area contributed by atoms with Gasteiger partial charge in [0.15, 0.2) is 0 Å². The SMILES string of the molecule is O=Cc1ccccc1.O=[N+]([O-])O. The maximum absolute atomic E-state index is 10.0. The van der Waals surface area contributed by atoms with Crippen LogP contribution < -0.4 is 0 Å². The molecule has 0 saturated carbocycles. The Morgan fingerprint density at radius 2 is 1.75 bits per heavy atom. The fourth-order valence-electron chi connectivity index (χ4n) is 0.532. The van der Waals surface area contributed by atoms with Gasteiger partial charge in [-0.2, -0.15) is 0 Å². The Balaban J connectivity index is 0.000000261. The number of carbonyl (C=O) groups excluding carboxylic acids is 1. The first-order chi connectivity index (χ1) is 5.66. The molecule has 0 spiro atoms. The molecule has 5 heteroatoms. The van der Waals surface area contributed by atoms with Crippen LogP contribution in [0.3, 0.4) is 0 Å². The number of carbonyl (C=O) groups is 1. The van der Waals surface area contributed by atoms with Crippen LogP contribution in [-0.2, 0) is 0 Å². The van der Waals surface area contributed by atoms with E-state index in [-0.39, 0.29) is 0 Å². The highest BCUT2D eigenvalue weighted by molar-refractivity contribution is 5.74. The molecule has 0 aromatic heterocycles. The first kappa shape index (κ1) is 10.1. The van der Waals surface area contributed by atoms with Crippen molar-refractivity contribution in [2.75, 3.05) is 0 Å². The van der Waals surface area contributed by atoms with Crippen LogP contribution in [0, 0.1) is 10.1 Å². The minimum Gasteiger partial charge on any atom is -0.328 e. The molecule has 1 aromatic carbocycles. The lowest BCUT2D eigenvalue weighted by atomic mass is 10.2. The summed E-state index contributed by atoms with van der Waals surface area (Å²) in [4.78, 5) is 18.4. The molecule has 1 N–H and O–H groups in total. The van der Waals surface area contributed by atoms with Gasteiger partial charge in [0.2, 0.25) is 0 Å². The lowest BCUT2D eigenvalue weighted by molar-refractivity contribution is -0.742. The van der Waals surface area contributed by atoms with Gasteiger partial charge < -0.3 is 5.21 Å². The summed E-state index contributed by atoms with van der Waals surface area (Å²) in [6.07, 6.45) is 0.833. The molecule has 5 nitrogen and oxygen atoms in total. The van der Waals surface area contributed by atoms with Gasteiger partial charge in [-0.3, -0.25) is 4.79 Å². The number of nitrogens with zero attached hydrogens (tertiary/aromatic N) is 1. The van der Waals surface area contributed by atoms with E-state index < -0.39 is 5.09 Å². The van der Waals surface area contributed by atoms with E-state index in [0.29, 0.717) is 0 Å². The minimum absolute atomic E-state index is 0.729. The monoisotopic (exact) mass is 169 g/mol. The number of aldehydes is 1. The van der Waals surface area contributed by atoms with Crippen LogP contribution in [0.5, 0.6) is 0 Å². The van der Waals surface area contributed by atoms with E-state index in [0.717, 1.165) is 11.8 Å². The molecule has 0 saturated heterocycles. The molecule has 0 bridgehead atoms. The van der Waals surface area contributed by atoms with Gasteiger partial charge in [0, 0.05) is 5.56 Å². The van der Waals surface area contributed by atoms with Crippen molar-refractivity contribution in [3.05, 3.63) is 46.0 Å². The highest BCUT2D eigenvalue weighted by Crippen LogP contribution is 1.91. The molecule has 1 rings (SSSR count). The zero-order valence-electron chi connectivity index (χ0n) is 6.08. The van der Waals surface area contributed by atoms with Gasteiger partial charge in [-0.05, 0) is 0 Å². The summed E-state index contributed by atoms with van der Waals surface area (Å²) in [7, 11) is 0. The van der Waals surface area contributed by atoms with Crippen molar-refractivity contribution in [1.82, 2.24) is 0 Å². The zero-order chi connectivity index (χ0) is 9.40. The summed E-state index contributed by atoms with van der Waals surface area (Å²) in [6.45, 7) is 0. The van der Waals surface area contributed by atoms with E-state index in [9.17, 15) is 4.79 Å². The first-order valence-electron chi connectivity index (χ1n) is 3.00. The standard InChI is InChI=1S/C7H6O.HNO3/c8-6-7-4-2-1-3-5-7;2-1(3)4/h1-6H;(H,2,3,4). The van der Waals surface area contributed by atoms with Gasteiger partial charge >= 0.3 is 0 Å². The molecule has 0 aliphatic rings. The molecule has 0 radical (unpaired) electrons. The van der Waals surface area contributed by atoms with Crippen molar-refractivity contribution < 1.29 is 15.1 Å². The van der Waals surface area contributed by atoms with Crippen LogP contribution in [0.4, 0.5) is 0 Å². The van der Waals surface area contributed by atoms with Gasteiger partial charge in [0.25, 0.3) is 5.09 Å². The third-order valence-corrected chi connectivity index (χ3v) is 0.936. The lowest BCUT2D eigenvalue weighted by Crippen LogP contribution is -1.81. The Morgan fingerprint density at radius 3 is 2.00 bits per heavy atom. The summed E-state index contributed by atoms with van der Waals surface area (Å²) in [5.41, 5.74) is 0.729. The van der Waals surface area contributed by atoms with E-state index in [2.05, 4.69) is 0 Å². The van der Waals surface area contributed by atoms with Crippen molar-refractivity contribution in [3.63, 3.8) is 0 Å². The van der Waals surface area contributed by atoms with Crippen molar-refractivity contribution in [2.24, 2.45) is 0 Å². The summed E-state index contributed by atoms with van der Waals surface area (Å²) in [5, 5.41) is 13.6. The maximum atomic E-state index is 10.0. The summed E-state index contributed by atoms with van der Waals surface area (Å²) in [6, 6.07) is 9.10. The predicted octanol–water partition coefficient (Wildman–Crippen LogP) is 1.15. The van der Waals surface area contributed by atoms with E-state index in [4.69, 9.17) is 15.3 Å². The number of hydrogen-bond donors (Lipinski definition) is 1. The van der Waals surface area contributed by atoms with Crippen LogP contribution in [0.2, 0.25) is 0 Å². The summed E-state index contributed by atoms with van der Waals surface area (Å²) in [5.74, 6) is 0. The van der Waals surface area contributed by atoms with Crippen LogP contribution >= 0.6 is 0 Å². The molecule has 0 aliphatic heterocycles. The molecule has 0 fully saturated rings. The van der Waals surface area contributed by atoms with E-state index >= 15 is 0 Å². The van der Waals surface area contributed by atoms with Crippen LogP contribution in [0.1, 0.15) is 10.4 Å². The Hall–Kier alpha value is -1.91. The van der Waals surface area contributed by atoms with Crippen molar-refractivity contribution in [3.8, 4) is 0 Å². The second kappa shape index (κ2) is 5.84. The summed E-state index contributed by atoms with van der Waals surface area (Å²) >= 11 is 0. The largest absolute Gasteiger partial charge is 0.328 e. The Bertz CT molecular complexity index is 243. The molecule has 64 valence electrons. The number of rotatable bonds is 1. The lowest BCUT2D eigenvalue weighted by Gasteiger charge is -1.81. The Labute approximate surface area is 68.4 Å². The zero-order valence-corrected chi connectivity index (χ0v) is 6.08. The predicted molar refractivity (Wildman–Crippen MR) is 40.6 cm³/mol. The second-order valence-corrected chi connectivity index (χ2v) is 1.77. The molecule has 0 atom stereocenters. The molecule has 0 aliphatic carbocycles. The number of hydrogen-bond acceptors (Lipinski definition) is 3. The summed E-state index contributed by atoms with van der Waals surface area (Å²) < 4.78 is 0. The van der Waals surface area contributed by atoms with Gasteiger partial charge in [-0.25, -0.2) is 0 Å². The van der Waals surface area contributed by atoms with Crippen molar-refractivity contribution in [2.45, 2.75) is 0 Å². The topological polar surface area (TPSA) is 80.4 Å². The maximum Gasteiger partial charge on any atom is 0.291 e. The van der Waals surface area contributed by atoms with E-state index in [1.807, 2.05) is 18.2 Å². The van der Waals surface area contributed by atoms with Crippen molar-refractivity contribution in [1.29, 1.82) is 0 Å². The smallest absolute Gasteiger partial charge is 0.291 e. The van der Waals surface area contributed by atoms with Gasteiger partial charge in [0.1, 0.15) is 6.29 Å². The fourth-order valence-corrected chi connectivity index (χ4v) is 0.532. The Kier molecular flexibility index (Phi) is 4.91. The van der Waals surface area contributed by atoms with E-state index in [1.165, 1.54) is 0 Å². The first-order valence-corrected chi connectivity index (χ1v) is 3.00. The highest BCUT2D eigenvalue weighted by Gasteiger charge is 1.79. The van der Waals surface area contributed by atoms with Crippen LogP contribution in [0.25, 0.3) is 0 Å². The molecule has 0 heterocycles. The molecule has 1 aromatic rings. The second-order valence-electron chi connectivity index (χ2n) is 1.77. The molecule has 12 heavy (non-hydrogen) atoms. The average Bonchev–Trinajstić information content (AvgIpc) is 2.05. The van der Waals surface area contributed by atoms with Gasteiger partial charge in [-0.15, -0.1) is 10.1 Å². The van der Waals surface area contributed by atoms with Gasteiger partial charge in [-0.1, -0.05) is 30.3 Å². The molecule has 0 amide bonds. The molecule has 0 unspecified atom stereocenters. The fraction of sp³-hybridized carbons (Fsp3) is 0. The molecular weight excluding hydrogens is 162 g/mol. The highest BCUT2D eigenvalue weighted by atomic mass is 16.9. The van der Waals surface area contributed by atoms with Crippen molar-refractivity contribution >= 4 is 6.29 Å². The Morgan fingerprint density at radius 1 is 1.33 bits per heavy atom.